The van der Waals surface area contributed by atoms with E-state index < -0.39 is 12.2 Å². The van der Waals surface area contributed by atoms with E-state index in [1.54, 1.807) is 6.07 Å². The molecule has 0 radical (unpaired) electrons. The number of nitriles is 1. The zero-order chi connectivity index (χ0) is 11.6. The molecule has 0 aliphatic carbocycles. The van der Waals surface area contributed by atoms with Gasteiger partial charge in [0.2, 0.25) is 0 Å². The zero-order valence-electron chi connectivity index (χ0n) is 7.55. The molecule has 1 atom stereocenters. The minimum Gasteiger partial charge on any atom is -0.398 e. The number of alkyl halides is 3. The van der Waals surface area contributed by atoms with E-state index in [9.17, 15) is 13.2 Å². The Kier molecular flexibility index (Phi) is 2.86. The van der Waals surface area contributed by atoms with Crippen LogP contribution >= 0.6 is 0 Å². The van der Waals surface area contributed by atoms with Crippen LogP contribution in [0, 0.1) is 11.3 Å². The van der Waals surface area contributed by atoms with E-state index in [1.807, 2.05) is 0 Å². The smallest absolute Gasteiger partial charge is 0.398 e. The van der Waals surface area contributed by atoms with Gasteiger partial charge in [0.15, 0.2) is 0 Å². The first-order valence-electron chi connectivity index (χ1n) is 3.98. The number of nitrogens with zero attached hydrogens (tertiary/aromatic N) is 1. The molecule has 0 aromatic heterocycles. The third-order valence-electron chi connectivity index (χ3n) is 1.91. The molecule has 3 nitrogen and oxygen atoms in total. The fourth-order valence-electron chi connectivity index (χ4n) is 1.05. The fourth-order valence-corrected chi connectivity index (χ4v) is 1.05. The monoisotopic (exact) mass is 215 g/mol. The van der Waals surface area contributed by atoms with Crippen LogP contribution in [0.15, 0.2) is 18.2 Å². The zero-order valence-corrected chi connectivity index (χ0v) is 7.55. The fraction of sp³-hybridized carbons (Fsp3) is 0.222. The van der Waals surface area contributed by atoms with Crippen LogP contribution in [0.3, 0.4) is 0 Å². The lowest BCUT2D eigenvalue weighted by Gasteiger charge is -2.16. The number of hydrogen-bond acceptors (Lipinski definition) is 3. The lowest BCUT2D eigenvalue weighted by Crippen LogP contribution is -2.28. The van der Waals surface area contributed by atoms with Crippen molar-refractivity contribution in [2.75, 3.05) is 5.73 Å². The normalized spacial score (nSPS) is 13.3. The minimum absolute atomic E-state index is 0.00722. The van der Waals surface area contributed by atoms with Crippen LogP contribution in [0.4, 0.5) is 18.9 Å². The summed E-state index contributed by atoms with van der Waals surface area (Å²) < 4.78 is 36.7. The summed E-state index contributed by atoms with van der Waals surface area (Å²) in [6.45, 7) is 0. The van der Waals surface area contributed by atoms with Gasteiger partial charge in [0, 0.05) is 5.69 Å². The van der Waals surface area contributed by atoms with Crippen molar-refractivity contribution in [3.63, 3.8) is 0 Å². The van der Waals surface area contributed by atoms with Gasteiger partial charge in [-0.1, -0.05) is 6.07 Å². The summed E-state index contributed by atoms with van der Waals surface area (Å²) in [6.07, 6.45) is -4.52. The van der Waals surface area contributed by atoms with Crippen molar-refractivity contribution in [1.29, 1.82) is 5.26 Å². The van der Waals surface area contributed by atoms with Crippen LogP contribution in [-0.2, 0) is 0 Å². The maximum absolute atomic E-state index is 12.2. The van der Waals surface area contributed by atoms with Crippen molar-refractivity contribution >= 4 is 5.69 Å². The lowest BCUT2D eigenvalue weighted by molar-refractivity contribution is -0.149. The summed E-state index contributed by atoms with van der Waals surface area (Å²) in [4.78, 5) is 0. The highest BCUT2D eigenvalue weighted by Crippen LogP contribution is 2.31. The van der Waals surface area contributed by atoms with E-state index in [4.69, 9.17) is 16.7 Å². The molecule has 1 aromatic carbocycles. The molecule has 0 saturated carbocycles. The molecule has 0 unspecified atom stereocenters. The predicted octanol–water partition coefficient (Wildman–Crippen LogP) is 1.70. The molecule has 0 saturated heterocycles. The average Bonchev–Trinajstić information content (AvgIpc) is 2.16. The molecule has 15 heavy (non-hydrogen) atoms. The van der Waals surface area contributed by atoms with Gasteiger partial charge in [-0.2, -0.15) is 18.4 Å². The molecule has 1 aromatic rings. The quantitative estimate of drug-likeness (QED) is 0.700. The van der Waals surface area contributed by atoms with Gasteiger partial charge in [0.1, 0.15) is 12.1 Å². The van der Waals surface area contributed by atoms with E-state index in [1.165, 1.54) is 6.07 Å². The Morgan fingerprint density at radius 3 is 2.40 bits per heavy atom. The van der Waals surface area contributed by atoms with Crippen molar-refractivity contribution in [3.8, 4) is 6.07 Å². The number of nitrogen functional groups attached to an aromatic ring is 1. The molecule has 0 aliphatic rings. The largest absolute Gasteiger partial charge is 0.407 e. The van der Waals surface area contributed by atoms with Crippen LogP contribution < -0.4 is 11.5 Å². The van der Waals surface area contributed by atoms with Crippen molar-refractivity contribution in [2.45, 2.75) is 12.2 Å². The Hall–Kier alpha value is -1.74. The second kappa shape index (κ2) is 3.79. The molecule has 80 valence electrons. The predicted molar refractivity (Wildman–Crippen MR) is 48.6 cm³/mol. The van der Waals surface area contributed by atoms with Gasteiger partial charge in [0.05, 0.1) is 5.56 Å². The second-order valence-corrected chi connectivity index (χ2v) is 2.98. The molecule has 6 heteroatoms. The van der Waals surface area contributed by atoms with E-state index >= 15 is 0 Å². The van der Waals surface area contributed by atoms with Crippen molar-refractivity contribution < 1.29 is 13.2 Å². The maximum Gasteiger partial charge on any atom is 0.407 e. The number of halogens is 3. The van der Waals surface area contributed by atoms with Gasteiger partial charge in [-0.05, 0) is 17.7 Å². The standard InChI is InChI=1S/C9H8F3N3/c10-9(11,12)8(15)5-1-2-7(14)6(3-5)4-13/h1-3,8H,14-15H2/t8-/m0/s1. The van der Waals surface area contributed by atoms with Gasteiger partial charge in [0.25, 0.3) is 0 Å². The summed E-state index contributed by atoms with van der Waals surface area (Å²) in [5.41, 5.74) is 10.3. The molecule has 1 rings (SSSR count). The molecular weight excluding hydrogens is 207 g/mol. The first-order valence-corrected chi connectivity index (χ1v) is 3.98. The topological polar surface area (TPSA) is 75.8 Å². The minimum atomic E-state index is -4.52. The van der Waals surface area contributed by atoms with Crippen molar-refractivity contribution in [3.05, 3.63) is 29.3 Å². The van der Waals surface area contributed by atoms with Crippen molar-refractivity contribution in [2.24, 2.45) is 5.73 Å². The first-order chi connectivity index (χ1) is 6.86. The first kappa shape index (κ1) is 11.3. The molecule has 0 spiro atoms. The van der Waals surface area contributed by atoms with Gasteiger partial charge in [-0.15, -0.1) is 0 Å². The summed E-state index contributed by atoms with van der Waals surface area (Å²) in [6, 6.07) is 3.05. The summed E-state index contributed by atoms with van der Waals surface area (Å²) in [5, 5.41) is 8.58. The number of hydrogen-bond donors (Lipinski definition) is 2. The van der Waals surface area contributed by atoms with Crippen LogP contribution in [0.5, 0.6) is 0 Å². The molecule has 4 N–H and O–H groups in total. The molecule has 0 heterocycles. The Morgan fingerprint density at radius 2 is 1.93 bits per heavy atom. The van der Waals surface area contributed by atoms with Crippen LogP contribution in [0.1, 0.15) is 17.2 Å². The Labute approximate surface area is 84.1 Å². The van der Waals surface area contributed by atoms with Gasteiger partial charge >= 0.3 is 6.18 Å². The Morgan fingerprint density at radius 1 is 1.33 bits per heavy atom. The average molecular weight is 215 g/mol. The Balaban J connectivity index is 3.13. The second-order valence-electron chi connectivity index (χ2n) is 2.98. The summed E-state index contributed by atoms with van der Waals surface area (Å²) in [7, 11) is 0. The highest BCUT2D eigenvalue weighted by molar-refractivity contribution is 5.55. The maximum atomic E-state index is 12.2. The molecular formula is C9H8F3N3. The molecule has 0 bridgehead atoms. The van der Waals surface area contributed by atoms with Crippen LogP contribution in [-0.4, -0.2) is 6.18 Å². The van der Waals surface area contributed by atoms with Gasteiger partial charge < -0.3 is 11.5 Å². The number of benzene rings is 1. The molecule has 0 fully saturated rings. The SMILES string of the molecule is N#Cc1cc([C@H](N)C(F)(F)F)ccc1N. The van der Waals surface area contributed by atoms with E-state index in [-0.39, 0.29) is 16.8 Å². The number of rotatable bonds is 1. The summed E-state index contributed by atoms with van der Waals surface area (Å²) >= 11 is 0. The van der Waals surface area contributed by atoms with Crippen LogP contribution in [0.25, 0.3) is 0 Å². The van der Waals surface area contributed by atoms with Gasteiger partial charge in [-0.25, -0.2) is 0 Å². The van der Waals surface area contributed by atoms with Crippen molar-refractivity contribution in [1.82, 2.24) is 0 Å². The summed E-state index contributed by atoms with van der Waals surface area (Å²) in [5.74, 6) is 0. The number of anilines is 1. The van der Waals surface area contributed by atoms with E-state index in [2.05, 4.69) is 0 Å². The van der Waals surface area contributed by atoms with Gasteiger partial charge in [-0.3, -0.25) is 0 Å². The highest BCUT2D eigenvalue weighted by Gasteiger charge is 2.37. The van der Waals surface area contributed by atoms with Crippen LogP contribution in [0.2, 0.25) is 0 Å². The number of nitrogens with two attached hydrogens (primary N) is 2. The lowest BCUT2D eigenvalue weighted by atomic mass is 10.0. The van der Waals surface area contributed by atoms with E-state index in [0.29, 0.717) is 0 Å². The third-order valence-corrected chi connectivity index (χ3v) is 1.91. The third kappa shape index (κ3) is 2.39. The Bertz CT molecular complexity index is 406. The molecule has 0 amide bonds. The highest BCUT2D eigenvalue weighted by atomic mass is 19.4. The van der Waals surface area contributed by atoms with E-state index in [0.717, 1.165) is 12.1 Å². The molecule has 0 aliphatic heterocycles.